The summed E-state index contributed by atoms with van der Waals surface area (Å²) in [5.41, 5.74) is 4.11. The second-order valence-electron chi connectivity index (χ2n) is 10.3. The number of thioether (sulfide) groups is 1. The van der Waals surface area contributed by atoms with Gasteiger partial charge in [0.15, 0.2) is 16.7 Å². The molecule has 3 aliphatic rings. The molecule has 0 aliphatic carbocycles. The number of fused-ring (bicyclic) bond motifs is 4. The van der Waals surface area contributed by atoms with E-state index in [-0.39, 0.29) is 37.5 Å². The van der Waals surface area contributed by atoms with Crippen LogP contribution in [0, 0.1) is 0 Å². The molecule has 3 aromatic carbocycles. The van der Waals surface area contributed by atoms with Gasteiger partial charge in [-0.05, 0) is 60.4 Å². The molecule has 0 saturated carbocycles. The van der Waals surface area contributed by atoms with Gasteiger partial charge in [0.05, 0.1) is 17.4 Å². The van der Waals surface area contributed by atoms with Gasteiger partial charge in [-0.25, -0.2) is 9.89 Å². The number of amides is 3. The van der Waals surface area contributed by atoms with E-state index in [1.165, 1.54) is 22.2 Å². The first-order valence-corrected chi connectivity index (χ1v) is 15.1. The van der Waals surface area contributed by atoms with E-state index < -0.39 is 11.3 Å². The second kappa shape index (κ2) is 12.3. The molecule has 2 atom stereocenters. The molecule has 0 spiro atoms. The summed E-state index contributed by atoms with van der Waals surface area (Å²) in [6.07, 6.45) is 1.32. The summed E-state index contributed by atoms with van der Waals surface area (Å²) in [4.78, 5) is 50.8. The number of para-hydroxylation sites is 1. The van der Waals surface area contributed by atoms with Crippen molar-refractivity contribution >= 4 is 51.9 Å². The highest BCUT2D eigenvalue weighted by Crippen LogP contribution is 2.36. The Labute approximate surface area is 253 Å². The molecular weight excluding hydrogens is 566 g/mol. The Hall–Kier alpha value is -4.64. The lowest BCUT2D eigenvalue weighted by Crippen LogP contribution is -2.43. The molecule has 11 heteroatoms. The van der Waals surface area contributed by atoms with Crippen molar-refractivity contribution in [3.63, 3.8) is 0 Å². The van der Waals surface area contributed by atoms with Crippen molar-refractivity contribution in [3.05, 3.63) is 83.4 Å². The predicted octanol–water partition coefficient (Wildman–Crippen LogP) is 4.79. The number of aliphatic imine (C=N–C) groups is 2. The van der Waals surface area contributed by atoms with E-state index >= 15 is 0 Å². The van der Waals surface area contributed by atoms with E-state index in [2.05, 4.69) is 22.5 Å². The third-order valence-electron chi connectivity index (χ3n) is 7.39. The summed E-state index contributed by atoms with van der Waals surface area (Å²) in [7, 11) is 0. The molecule has 0 radical (unpaired) electrons. The van der Waals surface area contributed by atoms with Crippen molar-refractivity contribution in [2.24, 2.45) is 9.98 Å². The average Bonchev–Trinajstić information content (AvgIpc) is 3.63. The minimum Gasteiger partial charge on any atom is -0.454 e. The van der Waals surface area contributed by atoms with Crippen LogP contribution in [0.15, 0.2) is 76.7 Å². The van der Waals surface area contributed by atoms with Gasteiger partial charge in [0.25, 0.3) is 5.91 Å². The maximum Gasteiger partial charge on any atom is 0.259 e. The summed E-state index contributed by atoms with van der Waals surface area (Å²) in [6, 6.07) is 19.7. The Morgan fingerprint density at radius 3 is 2.58 bits per heavy atom. The number of carbonyl (C=O) groups excluding carboxylic acids is 3. The lowest BCUT2D eigenvalue weighted by molar-refractivity contribution is -0.128. The summed E-state index contributed by atoms with van der Waals surface area (Å²) in [6.45, 7) is 4.45. The third kappa shape index (κ3) is 5.98. The van der Waals surface area contributed by atoms with Crippen LogP contribution >= 0.6 is 11.8 Å². The highest BCUT2D eigenvalue weighted by Gasteiger charge is 2.43. The predicted molar refractivity (Wildman–Crippen MR) is 166 cm³/mol. The number of hydrogen-bond donors (Lipinski definition) is 2. The number of aryl methyl sites for hydroxylation is 1. The molecule has 220 valence electrons. The van der Waals surface area contributed by atoms with Crippen molar-refractivity contribution in [2.45, 2.75) is 50.9 Å². The Bertz CT molecular complexity index is 1640. The van der Waals surface area contributed by atoms with E-state index in [0.29, 0.717) is 45.9 Å². The highest BCUT2D eigenvalue weighted by atomic mass is 32.2. The number of benzene rings is 3. The number of nitrogens with zero attached hydrogens (tertiary/aromatic N) is 3. The summed E-state index contributed by atoms with van der Waals surface area (Å²) in [5, 5.41) is 5.72. The molecule has 0 saturated heterocycles. The fourth-order valence-corrected chi connectivity index (χ4v) is 6.03. The summed E-state index contributed by atoms with van der Waals surface area (Å²) < 4.78 is 10.7. The Morgan fingerprint density at radius 1 is 1.02 bits per heavy atom. The van der Waals surface area contributed by atoms with Gasteiger partial charge >= 0.3 is 0 Å². The third-order valence-corrected chi connectivity index (χ3v) is 8.71. The molecule has 3 amide bonds. The molecule has 0 unspecified atom stereocenters. The van der Waals surface area contributed by atoms with Crippen molar-refractivity contribution in [1.29, 1.82) is 0 Å². The zero-order valence-corrected chi connectivity index (χ0v) is 24.6. The number of hydrogen-bond acceptors (Lipinski definition) is 8. The summed E-state index contributed by atoms with van der Waals surface area (Å²) >= 11 is 1.22. The molecule has 0 bridgehead atoms. The first-order valence-electron chi connectivity index (χ1n) is 14.2. The van der Waals surface area contributed by atoms with Crippen LogP contribution in [0.1, 0.15) is 43.4 Å². The molecule has 43 heavy (non-hydrogen) atoms. The zero-order valence-electron chi connectivity index (χ0n) is 23.8. The first-order chi connectivity index (χ1) is 20.9. The maximum absolute atomic E-state index is 13.7. The molecule has 3 aromatic rings. The Kier molecular flexibility index (Phi) is 8.15. The van der Waals surface area contributed by atoms with Gasteiger partial charge in [-0.15, -0.1) is 0 Å². The number of nitrogens with one attached hydrogen (secondary N) is 2. The van der Waals surface area contributed by atoms with Crippen LogP contribution in [-0.2, 0) is 27.3 Å². The molecular formula is C32H31N5O5S. The number of carbonyl (C=O) groups is 3. The Balaban J connectivity index is 1.16. The number of ether oxygens (including phenoxy) is 2. The van der Waals surface area contributed by atoms with E-state index in [1.54, 1.807) is 6.07 Å². The van der Waals surface area contributed by atoms with Crippen LogP contribution in [0.25, 0.3) is 0 Å². The van der Waals surface area contributed by atoms with Crippen molar-refractivity contribution in [3.8, 4) is 11.5 Å². The smallest absolute Gasteiger partial charge is 0.259 e. The lowest BCUT2D eigenvalue weighted by Gasteiger charge is -2.27. The van der Waals surface area contributed by atoms with Gasteiger partial charge < -0.3 is 20.1 Å². The molecule has 2 N–H and O–H groups in total. The Morgan fingerprint density at radius 2 is 1.79 bits per heavy atom. The minimum atomic E-state index is -0.908. The molecule has 0 aromatic heterocycles. The van der Waals surface area contributed by atoms with Gasteiger partial charge in [-0.2, -0.15) is 0 Å². The van der Waals surface area contributed by atoms with Gasteiger partial charge in [0, 0.05) is 17.8 Å². The van der Waals surface area contributed by atoms with Crippen LogP contribution in [0.5, 0.6) is 11.5 Å². The normalized spacial score (nSPS) is 17.0. The second-order valence-corrected chi connectivity index (χ2v) is 11.4. The summed E-state index contributed by atoms with van der Waals surface area (Å²) in [5.74, 6) is 0.916. The molecule has 6 rings (SSSR count). The van der Waals surface area contributed by atoms with Crippen molar-refractivity contribution < 1.29 is 23.9 Å². The van der Waals surface area contributed by atoms with Crippen LogP contribution in [0.2, 0.25) is 0 Å². The van der Waals surface area contributed by atoms with E-state index in [0.717, 1.165) is 12.0 Å². The number of anilines is 1. The van der Waals surface area contributed by atoms with E-state index in [4.69, 9.17) is 14.5 Å². The molecule has 0 fully saturated rings. The quantitative estimate of drug-likeness (QED) is 0.366. The zero-order chi connectivity index (χ0) is 29.9. The van der Waals surface area contributed by atoms with Gasteiger partial charge in [-0.3, -0.25) is 19.4 Å². The first kappa shape index (κ1) is 28.5. The van der Waals surface area contributed by atoms with Crippen LogP contribution < -0.4 is 20.1 Å². The fraction of sp³-hybridized carbons (Fsp3) is 0.281. The molecule has 3 aliphatic heterocycles. The van der Waals surface area contributed by atoms with Crippen molar-refractivity contribution in [2.75, 3.05) is 12.1 Å². The van der Waals surface area contributed by atoms with Gasteiger partial charge in [0.1, 0.15) is 11.9 Å². The van der Waals surface area contributed by atoms with E-state index in [1.807, 2.05) is 67.6 Å². The van der Waals surface area contributed by atoms with Crippen LogP contribution in [0.3, 0.4) is 0 Å². The monoisotopic (exact) mass is 597 g/mol. The van der Waals surface area contributed by atoms with Gasteiger partial charge in [-0.1, -0.05) is 55.9 Å². The van der Waals surface area contributed by atoms with E-state index in [9.17, 15) is 14.4 Å². The van der Waals surface area contributed by atoms with Crippen molar-refractivity contribution in [1.82, 2.24) is 10.2 Å². The highest BCUT2D eigenvalue weighted by molar-refractivity contribution is 8.15. The largest absolute Gasteiger partial charge is 0.454 e. The SMILES string of the molecule is CCc1ccc(NC(=O)[C@@H](CC)SC2=Nc3ccccc3C3=N[C@@H](CC(=O)NCc4ccc5c(c4)OCO5)C(=O)N23)cc1. The average molecular weight is 598 g/mol. The fourth-order valence-electron chi connectivity index (χ4n) is 5.01. The number of amidine groups is 2. The standard InChI is InChI=1S/C32H31N5O5S/c1-3-19-9-12-21(13-10-19)34-30(39)27(4-2)43-32-36-23-8-6-5-7-22(23)29-35-24(31(40)37(29)32)16-28(38)33-17-20-11-14-25-26(15-20)42-18-41-25/h5-15,24,27H,3-4,16-18H2,1-2H3,(H,33,38)(H,34,39)/t24-,27+/m0/s1. The minimum absolute atomic E-state index is 0.116. The lowest BCUT2D eigenvalue weighted by atomic mass is 10.1. The molecule has 3 heterocycles. The van der Waals surface area contributed by atoms with Crippen LogP contribution in [0.4, 0.5) is 11.4 Å². The topological polar surface area (TPSA) is 122 Å². The van der Waals surface area contributed by atoms with Crippen LogP contribution in [-0.4, -0.2) is 51.7 Å². The maximum atomic E-state index is 13.7. The number of rotatable bonds is 9. The van der Waals surface area contributed by atoms with Gasteiger partial charge in [0.2, 0.25) is 18.6 Å². The molecule has 10 nitrogen and oxygen atoms in total.